The Labute approximate surface area is 209 Å². The van der Waals surface area contributed by atoms with Crippen LogP contribution in [-0.2, 0) is 16.6 Å². The lowest BCUT2D eigenvalue weighted by atomic mass is 10.1. The predicted octanol–water partition coefficient (Wildman–Crippen LogP) is 5.50. The number of halogens is 1. The lowest BCUT2D eigenvalue weighted by Gasteiger charge is -2.26. The van der Waals surface area contributed by atoms with E-state index in [-0.39, 0.29) is 22.7 Å². The van der Waals surface area contributed by atoms with E-state index in [4.69, 9.17) is 11.6 Å². The number of amides is 1. The highest BCUT2D eigenvalue weighted by Crippen LogP contribution is 2.29. The van der Waals surface area contributed by atoms with Gasteiger partial charge in [0.25, 0.3) is 15.9 Å². The highest BCUT2D eigenvalue weighted by atomic mass is 35.5. The summed E-state index contributed by atoms with van der Waals surface area (Å²) in [6.45, 7) is 0.0469. The molecule has 1 amide bonds. The fourth-order valence-electron chi connectivity index (χ4n) is 3.45. The molecule has 0 aliphatic heterocycles. The van der Waals surface area contributed by atoms with Crippen LogP contribution in [0.5, 0.6) is 0 Å². The number of anilines is 1. The van der Waals surface area contributed by atoms with Crippen molar-refractivity contribution in [1.29, 1.82) is 0 Å². The van der Waals surface area contributed by atoms with Crippen LogP contribution in [0.25, 0.3) is 0 Å². The van der Waals surface area contributed by atoms with Gasteiger partial charge in [-0.3, -0.25) is 9.10 Å². The SMILES string of the molecule is O=C(N/N=C/c1ccccc1Cl)c1ccccc1N(Cc1ccccc1)S(=O)(=O)c1ccccc1. The van der Waals surface area contributed by atoms with Crippen molar-refractivity contribution in [2.45, 2.75) is 11.4 Å². The number of benzene rings is 4. The molecule has 8 heteroatoms. The largest absolute Gasteiger partial charge is 0.273 e. The zero-order chi connectivity index (χ0) is 24.7. The smallest absolute Gasteiger partial charge is 0.267 e. The second-order valence-electron chi connectivity index (χ2n) is 7.55. The van der Waals surface area contributed by atoms with Crippen LogP contribution in [0.3, 0.4) is 0 Å². The van der Waals surface area contributed by atoms with Crippen molar-refractivity contribution >= 4 is 39.4 Å². The molecule has 0 unspecified atom stereocenters. The van der Waals surface area contributed by atoms with Crippen LogP contribution < -0.4 is 9.73 Å². The van der Waals surface area contributed by atoms with Gasteiger partial charge in [-0.1, -0.05) is 90.5 Å². The Morgan fingerprint density at radius 2 is 1.43 bits per heavy atom. The fourth-order valence-corrected chi connectivity index (χ4v) is 5.13. The van der Waals surface area contributed by atoms with Gasteiger partial charge in [0.15, 0.2) is 0 Å². The monoisotopic (exact) mass is 503 g/mol. The molecule has 4 aromatic carbocycles. The zero-order valence-corrected chi connectivity index (χ0v) is 20.2. The number of hydrogen-bond donors (Lipinski definition) is 1. The molecular formula is C27H22ClN3O3S. The second-order valence-corrected chi connectivity index (χ2v) is 9.82. The minimum absolute atomic E-state index is 0.0469. The lowest BCUT2D eigenvalue weighted by Crippen LogP contribution is -2.33. The molecule has 1 N–H and O–H groups in total. The summed E-state index contributed by atoms with van der Waals surface area (Å²) in [6, 6.07) is 31.0. The third-order valence-corrected chi connectivity index (χ3v) is 7.31. The number of nitrogens with one attached hydrogen (secondary N) is 1. The summed E-state index contributed by atoms with van der Waals surface area (Å²) >= 11 is 6.13. The van der Waals surface area contributed by atoms with E-state index in [9.17, 15) is 13.2 Å². The first-order valence-corrected chi connectivity index (χ1v) is 12.6. The van der Waals surface area contributed by atoms with Crippen LogP contribution in [0, 0.1) is 0 Å². The van der Waals surface area contributed by atoms with E-state index in [2.05, 4.69) is 10.5 Å². The standard InChI is InChI=1S/C27H22ClN3O3S/c28-25-17-9-7-13-22(25)19-29-30-27(32)24-16-8-10-18-26(24)31(20-21-11-3-1-4-12-21)35(33,34)23-14-5-2-6-15-23/h1-19H,20H2,(H,30,32)/b29-19+. The number of sulfonamides is 1. The van der Waals surface area contributed by atoms with Crippen molar-refractivity contribution in [2.75, 3.05) is 4.31 Å². The number of nitrogens with zero attached hydrogens (tertiary/aromatic N) is 2. The summed E-state index contributed by atoms with van der Waals surface area (Å²) in [5.74, 6) is -0.551. The summed E-state index contributed by atoms with van der Waals surface area (Å²) in [5, 5.41) is 4.50. The predicted molar refractivity (Wildman–Crippen MR) is 139 cm³/mol. The van der Waals surface area contributed by atoms with Gasteiger partial charge in [-0.25, -0.2) is 13.8 Å². The Kier molecular flexibility index (Phi) is 7.60. The minimum Gasteiger partial charge on any atom is -0.267 e. The van der Waals surface area contributed by atoms with Crippen LogP contribution in [0.2, 0.25) is 5.02 Å². The maximum atomic E-state index is 13.7. The molecule has 176 valence electrons. The van der Waals surface area contributed by atoms with Crippen molar-refractivity contribution in [2.24, 2.45) is 5.10 Å². The summed E-state index contributed by atoms with van der Waals surface area (Å²) in [6.07, 6.45) is 1.44. The molecule has 0 fully saturated rings. The van der Waals surface area contributed by atoms with Crippen LogP contribution >= 0.6 is 11.6 Å². The van der Waals surface area contributed by atoms with Crippen molar-refractivity contribution < 1.29 is 13.2 Å². The van der Waals surface area contributed by atoms with Gasteiger partial charge in [-0.15, -0.1) is 0 Å². The Morgan fingerprint density at radius 3 is 2.14 bits per heavy atom. The number of hydrazone groups is 1. The lowest BCUT2D eigenvalue weighted by molar-refractivity contribution is 0.0956. The molecule has 0 aliphatic carbocycles. The van der Waals surface area contributed by atoms with Crippen molar-refractivity contribution in [3.8, 4) is 0 Å². The van der Waals surface area contributed by atoms with Gasteiger partial charge in [0.05, 0.1) is 28.9 Å². The first kappa shape index (κ1) is 24.2. The zero-order valence-electron chi connectivity index (χ0n) is 18.6. The fraction of sp³-hybridized carbons (Fsp3) is 0.0370. The average Bonchev–Trinajstić information content (AvgIpc) is 2.89. The Hall–Kier alpha value is -3.94. The van der Waals surface area contributed by atoms with Gasteiger partial charge in [-0.05, 0) is 35.9 Å². The molecule has 6 nitrogen and oxygen atoms in total. The van der Waals surface area contributed by atoms with E-state index in [0.29, 0.717) is 10.6 Å². The normalized spacial score (nSPS) is 11.3. The van der Waals surface area contributed by atoms with Gasteiger partial charge in [0.1, 0.15) is 0 Å². The number of carbonyl (C=O) groups excluding carboxylic acids is 1. The number of carbonyl (C=O) groups is 1. The third-order valence-electron chi connectivity index (χ3n) is 5.19. The molecule has 0 saturated carbocycles. The van der Waals surface area contributed by atoms with Crippen LogP contribution in [0.4, 0.5) is 5.69 Å². The van der Waals surface area contributed by atoms with E-state index >= 15 is 0 Å². The molecule has 35 heavy (non-hydrogen) atoms. The van der Waals surface area contributed by atoms with Crippen LogP contribution in [0.15, 0.2) is 119 Å². The summed E-state index contributed by atoms with van der Waals surface area (Å²) < 4.78 is 28.6. The Balaban J connectivity index is 1.70. The molecule has 0 radical (unpaired) electrons. The van der Waals surface area contributed by atoms with E-state index < -0.39 is 15.9 Å². The van der Waals surface area contributed by atoms with E-state index in [0.717, 1.165) is 5.56 Å². The minimum atomic E-state index is -3.98. The molecule has 0 saturated heterocycles. The van der Waals surface area contributed by atoms with Gasteiger partial charge in [0, 0.05) is 10.6 Å². The molecule has 4 aromatic rings. The van der Waals surface area contributed by atoms with Gasteiger partial charge in [0.2, 0.25) is 0 Å². The van der Waals surface area contributed by atoms with E-state index in [1.54, 1.807) is 66.7 Å². The summed E-state index contributed by atoms with van der Waals surface area (Å²) in [5.41, 5.74) is 4.30. The van der Waals surface area contributed by atoms with Crippen molar-refractivity contribution in [3.63, 3.8) is 0 Å². The van der Waals surface area contributed by atoms with Crippen molar-refractivity contribution in [1.82, 2.24) is 5.43 Å². The topological polar surface area (TPSA) is 78.8 Å². The van der Waals surface area contributed by atoms with Crippen LogP contribution in [-0.4, -0.2) is 20.5 Å². The Bertz CT molecular complexity index is 1440. The molecule has 0 heterocycles. The maximum Gasteiger partial charge on any atom is 0.273 e. The number of rotatable bonds is 8. The molecule has 0 atom stereocenters. The first-order chi connectivity index (χ1) is 17.0. The Morgan fingerprint density at radius 1 is 0.829 bits per heavy atom. The van der Waals surface area contributed by atoms with Gasteiger partial charge < -0.3 is 0 Å². The number of para-hydroxylation sites is 1. The highest BCUT2D eigenvalue weighted by molar-refractivity contribution is 7.92. The molecule has 0 aromatic heterocycles. The molecule has 0 spiro atoms. The second kappa shape index (κ2) is 11.0. The summed E-state index contributed by atoms with van der Waals surface area (Å²) in [4.78, 5) is 13.2. The molecule has 4 rings (SSSR count). The van der Waals surface area contributed by atoms with Gasteiger partial charge >= 0.3 is 0 Å². The van der Waals surface area contributed by atoms with Crippen LogP contribution in [0.1, 0.15) is 21.5 Å². The maximum absolute atomic E-state index is 13.7. The summed E-state index contributed by atoms with van der Waals surface area (Å²) in [7, 11) is -3.98. The number of hydrogen-bond acceptors (Lipinski definition) is 4. The van der Waals surface area contributed by atoms with Crippen molar-refractivity contribution in [3.05, 3.63) is 131 Å². The van der Waals surface area contributed by atoms with Gasteiger partial charge in [-0.2, -0.15) is 5.10 Å². The van der Waals surface area contributed by atoms with E-state index in [1.807, 2.05) is 30.3 Å². The molecule has 0 aliphatic rings. The quantitative estimate of drug-likeness (QED) is 0.255. The third kappa shape index (κ3) is 5.77. The first-order valence-electron chi connectivity index (χ1n) is 10.8. The molecular weight excluding hydrogens is 482 g/mol. The molecule has 0 bridgehead atoms. The van der Waals surface area contributed by atoms with E-state index in [1.165, 1.54) is 22.7 Å². The average molecular weight is 504 g/mol. The highest BCUT2D eigenvalue weighted by Gasteiger charge is 2.28.